The number of nitrogens with zero attached hydrogens (tertiary/aromatic N) is 2. The van der Waals surface area contributed by atoms with Crippen molar-refractivity contribution in [1.29, 1.82) is 0 Å². The number of rotatable bonds is 7. The molecule has 6 nitrogen and oxygen atoms in total. The topological polar surface area (TPSA) is 84.0 Å². The van der Waals surface area contributed by atoms with E-state index >= 15 is 0 Å². The highest BCUT2D eigenvalue weighted by Gasteiger charge is 2.17. The number of nitrogens with one attached hydrogen (secondary N) is 2. The van der Waals surface area contributed by atoms with E-state index in [1.165, 1.54) is 0 Å². The number of amides is 1. The van der Waals surface area contributed by atoms with Crippen molar-refractivity contribution in [3.05, 3.63) is 147 Å². The van der Waals surface area contributed by atoms with Gasteiger partial charge in [0.05, 0.1) is 16.9 Å². The summed E-state index contributed by atoms with van der Waals surface area (Å²) in [6, 6.07) is 37.1. The number of carbonyl (C=O) groups is 2. The number of carbonyl (C=O) groups excluding carboxylic acids is 2. The molecule has 6 rings (SSSR count). The Hall–Kier alpha value is -4.66. The molecule has 0 aliphatic carbocycles. The van der Waals surface area contributed by atoms with Crippen LogP contribution in [0.4, 0.5) is 17.3 Å². The van der Waals surface area contributed by atoms with Gasteiger partial charge in [-0.25, -0.2) is 9.97 Å². The molecule has 0 spiro atoms. The van der Waals surface area contributed by atoms with Crippen molar-refractivity contribution < 1.29 is 9.59 Å². The molecule has 1 amide bonds. The average molecular weight is 678 g/mol. The van der Waals surface area contributed by atoms with Crippen LogP contribution >= 0.6 is 31.9 Å². The van der Waals surface area contributed by atoms with Crippen LogP contribution < -0.4 is 10.6 Å². The molecule has 5 aromatic carbocycles. The van der Waals surface area contributed by atoms with Crippen molar-refractivity contribution in [3.63, 3.8) is 0 Å². The zero-order chi connectivity index (χ0) is 29.1. The second kappa shape index (κ2) is 12.1. The molecule has 0 aliphatic heterocycles. The molecule has 8 heteroatoms. The van der Waals surface area contributed by atoms with E-state index in [-0.39, 0.29) is 11.7 Å². The highest BCUT2D eigenvalue weighted by molar-refractivity contribution is 9.10. The summed E-state index contributed by atoms with van der Waals surface area (Å²) in [5.41, 5.74) is 5.15. The summed E-state index contributed by atoms with van der Waals surface area (Å²) in [6.45, 7) is 0. The van der Waals surface area contributed by atoms with E-state index in [0.29, 0.717) is 28.3 Å². The van der Waals surface area contributed by atoms with E-state index in [0.717, 1.165) is 36.8 Å². The lowest BCUT2D eigenvalue weighted by atomic mass is 10.0. The monoisotopic (exact) mass is 676 g/mol. The molecule has 0 unspecified atom stereocenters. The van der Waals surface area contributed by atoms with E-state index in [1.54, 1.807) is 54.6 Å². The normalized spacial score (nSPS) is 10.8. The lowest BCUT2D eigenvalue weighted by molar-refractivity contribution is 0.102. The van der Waals surface area contributed by atoms with E-state index in [1.807, 2.05) is 66.7 Å². The maximum Gasteiger partial charge on any atom is 0.255 e. The van der Waals surface area contributed by atoms with Crippen molar-refractivity contribution in [2.24, 2.45) is 0 Å². The van der Waals surface area contributed by atoms with Crippen LogP contribution in [0.3, 0.4) is 0 Å². The number of aromatic nitrogens is 2. The molecular formula is C34H22Br2N4O2. The number of ketones is 1. The zero-order valence-corrected chi connectivity index (χ0v) is 25.2. The molecule has 1 heterocycles. The van der Waals surface area contributed by atoms with Gasteiger partial charge in [-0.3, -0.25) is 9.59 Å². The second-order valence-electron chi connectivity index (χ2n) is 9.46. The highest BCUT2D eigenvalue weighted by Crippen LogP contribution is 2.30. The molecule has 0 radical (unpaired) electrons. The minimum atomic E-state index is -0.329. The summed E-state index contributed by atoms with van der Waals surface area (Å²) < 4.78 is 1.69. The van der Waals surface area contributed by atoms with Gasteiger partial charge in [-0.15, -0.1) is 0 Å². The van der Waals surface area contributed by atoms with Crippen LogP contribution in [0.1, 0.15) is 26.3 Å². The summed E-state index contributed by atoms with van der Waals surface area (Å²) in [7, 11) is 0. The van der Waals surface area contributed by atoms with Gasteiger partial charge in [0.1, 0.15) is 0 Å². The predicted molar refractivity (Wildman–Crippen MR) is 174 cm³/mol. The van der Waals surface area contributed by atoms with Crippen molar-refractivity contribution in [2.75, 3.05) is 10.6 Å². The third-order valence-corrected chi connectivity index (χ3v) is 7.61. The third-order valence-electron chi connectivity index (χ3n) is 6.62. The summed E-state index contributed by atoms with van der Waals surface area (Å²) in [5, 5.41) is 7.10. The first-order chi connectivity index (χ1) is 20.4. The number of hydrogen-bond acceptors (Lipinski definition) is 5. The molecular weight excluding hydrogens is 656 g/mol. The molecule has 0 fully saturated rings. The van der Waals surface area contributed by atoms with Crippen molar-refractivity contribution in [1.82, 2.24) is 9.97 Å². The lowest BCUT2D eigenvalue weighted by Crippen LogP contribution is -2.15. The quantitative estimate of drug-likeness (QED) is 0.165. The molecule has 6 aromatic rings. The van der Waals surface area contributed by atoms with E-state index in [4.69, 9.17) is 9.97 Å². The van der Waals surface area contributed by atoms with Crippen LogP contribution in [0, 0.1) is 0 Å². The summed E-state index contributed by atoms with van der Waals surface area (Å²) >= 11 is 6.99. The van der Waals surface area contributed by atoms with Crippen LogP contribution in [0.25, 0.3) is 22.2 Å². The minimum absolute atomic E-state index is 0.177. The molecule has 2 N–H and O–H groups in total. The molecule has 42 heavy (non-hydrogen) atoms. The highest BCUT2D eigenvalue weighted by atomic mass is 79.9. The maximum absolute atomic E-state index is 13.2. The molecule has 0 atom stereocenters. The number of halogens is 2. The van der Waals surface area contributed by atoms with E-state index in [2.05, 4.69) is 42.5 Å². The fraction of sp³-hybridized carbons (Fsp3) is 0. The molecule has 0 aliphatic rings. The van der Waals surface area contributed by atoms with Gasteiger partial charge in [0.15, 0.2) is 5.78 Å². The molecule has 204 valence electrons. The lowest BCUT2D eigenvalue weighted by Gasteiger charge is -2.13. The summed E-state index contributed by atoms with van der Waals surface area (Å²) in [5.74, 6) is -0.0611. The largest absolute Gasteiger partial charge is 0.324 e. The van der Waals surface area contributed by atoms with Crippen molar-refractivity contribution in [2.45, 2.75) is 0 Å². The van der Waals surface area contributed by atoms with Crippen LogP contribution in [0.15, 0.2) is 130 Å². The van der Waals surface area contributed by atoms with Gasteiger partial charge in [0.25, 0.3) is 5.91 Å². The first kappa shape index (κ1) is 27.5. The summed E-state index contributed by atoms with van der Waals surface area (Å²) in [4.78, 5) is 35.9. The SMILES string of the molecule is O=C(Nc1ccc(Br)cc1C(=O)c1ccccc1)c1ccc(Nc2nc(-c3ccccc3)c3cc(Br)ccc3n2)cc1. The summed E-state index contributed by atoms with van der Waals surface area (Å²) in [6.07, 6.45) is 0. The van der Waals surface area contributed by atoms with Gasteiger partial charge >= 0.3 is 0 Å². The Morgan fingerprint density at radius 3 is 2.05 bits per heavy atom. The van der Waals surface area contributed by atoms with Gasteiger partial charge in [0, 0.05) is 42.3 Å². The van der Waals surface area contributed by atoms with Crippen molar-refractivity contribution >= 4 is 71.8 Å². The fourth-order valence-corrected chi connectivity index (χ4v) is 5.28. The van der Waals surface area contributed by atoms with Crippen LogP contribution in [-0.2, 0) is 0 Å². The first-order valence-corrected chi connectivity index (χ1v) is 14.6. The number of fused-ring (bicyclic) bond motifs is 1. The van der Waals surface area contributed by atoms with E-state index in [9.17, 15) is 9.59 Å². The molecule has 0 saturated carbocycles. The molecule has 0 bridgehead atoms. The Labute approximate surface area is 259 Å². The number of hydrogen-bond donors (Lipinski definition) is 2. The third kappa shape index (κ3) is 6.00. The maximum atomic E-state index is 13.2. The van der Waals surface area contributed by atoms with Crippen LogP contribution in [0.5, 0.6) is 0 Å². The first-order valence-electron chi connectivity index (χ1n) is 13.0. The van der Waals surface area contributed by atoms with Crippen LogP contribution in [0.2, 0.25) is 0 Å². The van der Waals surface area contributed by atoms with Crippen molar-refractivity contribution in [3.8, 4) is 11.3 Å². The Morgan fingerprint density at radius 1 is 0.643 bits per heavy atom. The second-order valence-corrected chi connectivity index (χ2v) is 11.3. The fourth-order valence-electron chi connectivity index (χ4n) is 4.56. The smallest absolute Gasteiger partial charge is 0.255 e. The van der Waals surface area contributed by atoms with Gasteiger partial charge in [-0.1, -0.05) is 92.5 Å². The Bertz CT molecular complexity index is 1930. The minimum Gasteiger partial charge on any atom is -0.324 e. The Balaban J connectivity index is 1.24. The van der Waals surface area contributed by atoms with Gasteiger partial charge in [0.2, 0.25) is 5.95 Å². The molecule has 1 aromatic heterocycles. The van der Waals surface area contributed by atoms with Crippen LogP contribution in [-0.4, -0.2) is 21.7 Å². The Kier molecular flexibility index (Phi) is 7.90. The van der Waals surface area contributed by atoms with Gasteiger partial charge in [-0.2, -0.15) is 0 Å². The average Bonchev–Trinajstić information content (AvgIpc) is 3.02. The molecule has 0 saturated heterocycles. The van der Waals surface area contributed by atoms with E-state index < -0.39 is 0 Å². The van der Waals surface area contributed by atoms with Gasteiger partial charge < -0.3 is 10.6 Å². The zero-order valence-electron chi connectivity index (χ0n) is 22.0. The Morgan fingerprint density at radius 2 is 1.31 bits per heavy atom. The standard InChI is InChI=1S/C34H22Br2N4O2/c35-24-13-17-29-27(19-24)31(21-7-3-1-4-8-21)40-34(39-29)37-26-15-11-23(12-16-26)33(42)38-30-18-14-25(36)20-28(30)32(41)22-9-5-2-6-10-22/h1-20H,(H,38,42)(H,37,39,40). The predicted octanol–water partition coefficient (Wildman–Crippen LogP) is 9.05. The van der Waals surface area contributed by atoms with Gasteiger partial charge in [-0.05, 0) is 60.7 Å². The number of anilines is 3. The number of benzene rings is 5.